The number of ether oxygens (including phenoxy) is 1. The molecule has 0 aromatic heterocycles. The van der Waals surface area contributed by atoms with Crippen molar-refractivity contribution in [3.63, 3.8) is 0 Å². The van der Waals surface area contributed by atoms with Crippen molar-refractivity contribution >= 4 is 0 Å². The van der Waals surface area contributed by atoms with Crippen LogP contribution in [0.5, 0.6) is 0 Å². The number of rotatable bonds is 2. The molecule has 2 aliphatic rings. The van der Waals surface area contributed by atoms with Gasteiger partial charge in [-0.3, -0.25) is 0 Å². The molecule has 0 aromatic carbocycles. The van der Waals surface area contributed by atoms with Gasteiger partial charge in [-0.05, 0) is 43.9 Å². The van der Waals surface area contributed by atoms with Gasteiger partial charge < -0.3 is 10.5 Å². The zero-order chi connectivity index (χ0) is 8.55. The van der Waals surface area contributed by atoms with Crippen LogP contribution in [0.2, 0.25) is 0 Å². The Bertz CT molecular complexity index is 152. The molecule has 2 heteroatoms. The van der Waals surface area contributed by atoms with Gasteiger partial charge in [0.05, 0.1) is 0 Å². The highest BCUT2D eigenvalue weighted by Crippen LogP contribution is 2.48. The zero-order valence-electron chi connectivity index (χ0n) is 7.83. The Balaban J connectivity index is 1.79. The summed E-state index contributed by atoms with van der Waals surface area (Å²) in [6.07, 6.45) is 3.98. The van der Waals surface area contributed by atoms with E-state index in [0.29, 0.717) is 6.04 Å². The van der Waals surface area contributed by atoms with Gasteiger partial charge in [0.15, 0.2) is 0 Å². The summed E-state index contributed by atoms with van der Waals surface area (Å²) in [5, 5.41) is 0. The van der Waals surface area contributed by atoms with Crippen LogP contribution in [0.3, 0.4) is 0 Å². The Morgan fingerprint density at radius 1 is 1.50 bits per heavy atom. The highest BCUT2D eigenvalue weighted by atomic mass is 16.5. The van der Waals surface area contributed by atoms with Crippen LogP contribution in [-0.4, -0.2) is 19.3 Å². The largest absolute Gasteiger partial charge is 0.381 e. The molecular formula is C10H19NO. The fourth-order valence-corrected chi connectivity index (χ4v) is 2.49. The second-order valence-corrected chi connectivity index (χ2v) is 4.40. The van der Waals surface area contributed by atoms with E-state index in [1.54, 1.807) is 0 Å². The third-order valence-electron chi connectivity index (χ3n) is 3.37. The van der Waals surface area contributed by atoms with Crippen LogP contribution in [0.4, 0.5) is 0 Å². The molecule has 0 amide bonds. The number of hydrogen-bond donors (Lipinski definition) is 1. The van der Waals surface area contributed by atoms with Gasteiger partial charge in [-0.15, -0.1) is 0 Å². The van der Waals surface area contributed by atoms with Crippen molar-refractivity contribution in [2.24, 2.45) is 23.5 Å². The van der Waals surface area contributed by atoms with E-state index in [-0.39, 0.29) is 0 Å². The maximum Gasteiger partial charge on any atom is 0.0497 e. The predicted molar refractivity (Wildman–Crippen MR) is 48.8 cm³/mol. The Hall–Kier alpha value is -0.0800. The van der Waals surface area contributed by atoms with Gasteiger partial charge in [0.2, 0.25) is 0 Å². The van der Waals surface area contributed by atoms with Crippen molar-refractivity contribution < 1.29 is 4.74 Å². The fourth-order valence-electron chi connectivity index (χ4n) is 2.49. The van der Waals surface area contributed by atoms with E-state index in [9.17, 15) is 0 Å². The first-order valence-corrected chi connectivity index (χ1v) is 5.12. The molecule has 4 atom stereocenters. The lowest BCUT2D eigenvalue weighted by molar-refractivity contribution is 0.0440. The predicted octanol–water partition coefficient (Wildman–Crippen LogP) is 1.40. The summed E-state index contributed by atoms with van der Waals surface area (Å²) in [6, 6.07) is 0.400. The van der Waals surface area contributed by atoms with Crippen molar-refractivity contribution in [1.29, 1.82) is 0 Å². The topological polar surface area (TPSA) is 35.2 Å². The maximum absolute atomic E-state index is 5.85. The average molecular weight is 169 g/mol. The smallest absolute Gasteiger partial charge is 0.0497 e. The fraction of sp³-hybridized carbons (Fsp3) is 1.00. The van der Waals surface area contributed by atoms with E-state index in [1.807, 2.05) is 0 Å². The molecule has 1 aliphatic heterocycles. The lowest BCUT2D eigenvalue weighted by Gasteiger charge is -2.22. The minimum atomic E-state index is 0.400. The van der Waals surface area contributed by atoms with Gasteiger partial charge in [-0.2, -0.15) is 0 Å². The molecule has 1 heterocycles. The van der Waals surface area contributed by atoms with Crippen LogP contribution in [0, 0.1) is 17.8 Å². The second kappa shape index (κ2) is 3.35. The van der Waals surface area contributed by atoms with Crippen LogP contribution in [-0.2, 0) is 4.74 Å². The van der Waals surface area contributed by atoms with Crippen LogP contribution in [0.15, 0.2) is 0 Å². The summed E-state index contributed by atoms with van der Waals surface area (Å²) in [5.74, 6) is 2.52. The molecule has 1 saturated carbocycles. The first-order chi connectivity index (χ1) is 5.79. The molecule has 0 radical (unpaired) electrons. The molecule has 1 aliphatic carbocycles. The second-order valence-electron chi connectivity index (χ2n) is 4.40. The quantitative estimate of drug-likeness (QED) is 0.678. The molecule has 2 N–H and O–H groups in total. The normalized spacial score (nSPS) is 44.0. The van der Waals surface area contributed by atoms with E-state index in [0.717, 1.165) is 31.0 Å². The van der Waals surface area contributed by atoms with Gasteiger partial charge in [0.1, 0.15) is 0 Å². The molecule has 0 spiro atoms. The van der Waals surface area contributed by atoms with E-state index >= 15 is 0 Å². The average Bonchev–Trinajstić information content (AvgIpc) is 2.84. The summed E-state index contributed by atoms with van der Waals surface area (Å²) in [7, 11) is 0. The van der Waals surface area contributed by atoms with Crippen molar-refractivity contribution in [2.75, 3.05) is 13.2 Å². The van der Waals surface area contributed by atoms with Gasteiger partial charge in [0, 0.05) is 19.3 Å². The minimum Gasteiger partial charge on any atom is -0.381 e. The standard InChI is InChI=1S/C10H19NO/c1-7(11)9-5-10(9)8-3-2-4-12-6-8/h7-10H,2-6,11H2,1H3. The van der Waals surface area contributed by atoms with Crippen LogP contribution in [0.25, 0.3) is 0 Å². The van der Waals surface area contributed by atoms with Crippen LogP contribution < -0.4 is 5.73 Å². The summed E-state index contributed by atoms with van der Waals surface area (Å²) >= 11 is 0. The Morgan fingerprint density at radius 3 is 2.83 bits per heavy atom. The molecular weight excluding hydrogens is 150 g/mol. The van der Waals surface area contributed by atoms with Crippen molar-refractivity contribution in [3.8, 4) is 0 Å². The van der Waals surface area contributed by atoms with E-state index in [4.69, 9.17) is 10.5 Å². The molecule has 0 bridgehead atoms. The Labute approximate surface area is 74.5 Å². The third-order valence-corrected chi connectivity index (χ3v) is 3.37. The van der Waals surface area contributed by atoms with Crippen LogP contribution in [0.1, 0.15) is 26.2 Å². The number of nitrogens with two attached hydrogens (primary N) is 1. The SMILES string of the molecule is CC(N)C1CC1C1CCCOC1. The van der Waals surface area contributed by atoms with Gasteiger partial charge in [0.25, 0.3) is 0 Å². The van der Waals surface area contributed by atoms with Crippen molar-refractivity contribution in [1.82, 2.24) is 0 Å². The Morgan fingerprint density at radius 2 is 2.33 bits per heavy atom. The number of hydrogen-bond acceptors (Lipinski definition) is 2. The van der Waals surface area contributed by atoms with E-state index < -0.39 is 0 Å². The summed E-state index contributed by atoms with van der Waals surface area (Å²) < 4.78 is 5.47. The lowest BCUT2D eigenvalue weighted by atomic mass is 9.94. The molecule has 1 saturated heterocycles. The Kier molecular flexibility index (Phi) is 2.37. The molecule has 0 aromatic rings. The highest BCUT2D eigenvalue weighted by Gasteiger charge is 2.44. The van der Waals surface area contributed by atoms with Crippen molar-refractivity contribution in [2.45, 2.75) is 32.2 Å². The minimum absolute atomic E-state index is 0.400. The maximum atomic E-state index is 5.85. The third kappa shape index (κ3) is 1.64. The van der Waals surface area contributed by atoms with E-state index in [2.05, 4.69) is 6.92 Å². The van der Waals surface area contributed by atoms with Gasteiger partial charge >= 0.3 is 0 Å². The first-order valence-electron chi connectivity index (χ1n) is 5.12. The van der Waals surface area contributed by atoms with Gasteiger partial charge in [-0.1, -0.05) is 0 Å². The first kappa shape index (κ1) is 8.52. The molecule has 70 valence electrons. The molecule has 12 heavy (non-hydrogen) atoms. The van der Waals surface area contributed by atoms with E-state index in [1.165, 1.54) is 19.3 Å². The molecule has 2 fully saturated rings. The summed E-state index contributed by atoms with van der Waals surface area (Å²) in [6.45, 7) is 4.11. The monoisotopic (exact) mass is 169 g/mol. The summed E-state index contributed by atoms with van der Waals surface area (Å²) in [5.41, 5.74) is 5.85. The zero-order valence-corrected chi connectivity index (χ0v) is 7.83. The van der Waals surface area contributed by atoms with Crippen molar-refractivity contribution in [3.05, 3.63) is 0 Å². The molecule has 2 rings (SSSR count). The lowest BCUT2D eigenvalue weighted by Crippen LogP contribution is -2.24. The van der Waals surface area contributed by atoms with Gasteiger partial charge in [-0.25, -0.2) is 0 Å². The summed E-state index contributed by atoms with van der Waals surface area (Å²) in [4.78, 5) is 0. The molecule has 2 nitrogen and oxygen atoms in total. The molecule has 4 unspecified atom stereocenters. The highest BCUT2D eigenvalue weighted by molar-refractivity contribution is 4.95. The van der Waals surface area contributed by atoms with Crippen LogP contribution >= 0.6 is 0 Å².